The van der Waals surface area contributed by atoms with Gasteiger partial charge in [-0.2, -0.15) is 0 Å². The molecule has 0 fully saturated rings. The van der Waals surface area contributed by atoms with Gasteiger partial charge in [-0.05, 0) is 19.3 Å². The predicted octanol–water partition coefficient (Wildman–Crippen LogP) is 3.58. The first-order chi connectivity index (χ1) is 10.0. The van der Waals surface area contributed by atoms with Crippen molar-refractivity contribution in [2.75, 3.05) is 0 Å². The standard InChI is InChI=1S/C17H32N2O2/c1-15(17(19)21)13-11-9-7-5-3-2-4-6-8-10-12-14-16(18)20/h1-14H2,(H2,18,20)(H2,19,21). The van der Waals surface area contributed by atoms with Crippen LogP contribution in [-0.2, 0) is 9.59 Å². The summed E-state index contributed by atoms with van der Waals surface area (Å²) in [6.07, 6.45) is 14.3. The molecule has 0 aromatic heterocycles. The third kappa shape index (κ3) is 14.9. The van der Waals surface area contributed by atoms with Crippen LogP contribution >= 0.6 is 0 Å². The van der Waals surface area contributed by atoms with Crippen LogP contribution in [0.5, 0.6) is 0 Å². The van der Waals surface area contributed by atoms with Crippen LogP contribution < -0.4 is 11.5 Å². The lowest BCUT2D eigenvalue weighted by Crippen LogP contribution is -2.12. The molecule has 0 rings (SSSR count). The van der Waals surface area contributed by atoms with Crippen molar-refractivity contribution in [1.82, 2.24) is 0 Å². The number of amides is 2. The van der Waals surface area contributed by atoms with Gasteiger partial charge in [0.15, 0.2) is 0 Å². The fourth-order valence-electron chi connectivity index (χ4n) is 2.35. The molecule has 0 saturated heterocycles. The van der Waals surface area contributed by atoms with E-state index in [0.717, 1.165) is 32.1 Å². The molecule has 0 radical (unpaired) electrons. The molecule has 0 aliphatic heterocycles. The minimum Gasteiger partial charge on any atom is -0.370 e. The van der Waals surface area contributed by atoms with E-state index in [4.69, 9.17) is 11.5 Å². The zero-order chi connectivity index (χ0) is 15.9. The number of carbonyl (C=O) groups is 2. The lowest BCUT2D eigenvalue weighted by Gasteiger charge is -2.03. The zero-order valence-corrected chi connectivity index (χ0v) is 13.4. The molecule has 0 aliphatic carbocycles. The Morgan fingerprint density at radius 2 is 0.952 bits per heavy atom. The van der Waals surface area contributed by atoms with Crippen molar-refractivity contribution in [3.05, 3.63) is 12.2 Å². The number of primary amides is 2. The molecule has 122 valence electrons. The third-order valence-electron chi connectivity index (χ3n) is 3.75. The lowest BCUT2D eigenvalue weighted by atomic mass is 10.0. The van der Waals surface area contributed by atoms with Crippen molar-refractivity contribution >= 4 is 11.8 Å². The predicted molar refractivity (Wildman–Crippen MR) is 87.5 cm³/mol. The summed E-state index contributed by atoms with van der Waals surface area (Å²) in [6, 6.07) is 0. The fraction of sp³-hybridized carbons (Fsp3) is 0.765. The summed E-state index contributed by atoms with van der Waals surface area (Å²) in [4.78, 5) is 21.3. The second-order valence-corrected chi connectivity index (χ2v) is 5.82. The number of unbranched alkanes of at least 4 members (excludes halogenated alkanes) is 10. The molecule has 4 N–H and O–H groups in total. The summed E-state index contributed by atoms with van der Waals surface area (Å²) < 4.78 is 0. The molecule has 0 atom stereocenters. The Balaban J connectivity index is 3.11. The minimum atomic E-state index is -0.370. The largest absolute Gasteiger partial charge is 0.370 e. The monoisotopic (exact) mass is 296 g/mol. The zero-order valence-electron chi connectivity index (χ0n) is 13.4. The van der Waals surface area contributed by atoms with Crippen molar-refractivity contribution in [3.63, 3.8) is 0 Å². The summed E-state index contributed by atoms with van der Waals surface area (Å²) in [6.45, 7) is 3.65. The number of hydrogen-bond acceptors (Lipinski definition) is 2. The van der Waals surface area contributed by atoms with E-state index in [1.807, 2.05) is 0 Å². The summed E-state index contributed by atoms with van der Waals surface area (Å²) in [7, 11) is 0. The molecule has 0 heterocycles. The van der Waals surface area contributed by atoms with Crippen molar-refractivity contribution in [2.24, 2.45) is 11.5 Å². The van der Waals surface area contributed by atoms with Crippen LogP contribution in [0.2, 0.25) is 0 Å². The van der Waals surface area contributed by atoms with Crippen LogP contribution in [0.15, 0.2) is 12.2 Å². The van der Waals surface area contributed by atoms with E-state index >= 15 is 0 Å². The van der Waals surface area contributed by atoms with Crippen molar-refractivity contribution < 1.29 is 9.59 Å². The maximum absolute atomic E-state index is 10.8. The van der Waals surface area contributed by atoms with Crippen molar-refractivity contribution in [2.45, 2.75) is 83.5 Å². The van der Waals surface area contributed by atoms with Crippen LogP contribution in [-0.4, -0.2) is 11.8 Å². The number of hydrogen-bond donors (Lipinski definition) is 2. The van der Waals surface area contributed by atoms with E-state index in [0.29, 0.717) is 12.0 Å². The summed E-state index contributed by atoms with van der Waals surface area (Å²) in [5.41, 5.74) is 10.8. The van der Waals surface area contributed by atoms with E-state index in [1.165, 1.54) is 44.9 Å². The molecule has 0 aliphatic rings. The molecule has 0 bridgehead atoms. The molecule has 0 unspecified atom stereocenters. The smallest absolute Gasteiger partial charge is 0.244 e. The van der Waals surface area contributed by atoms with Gasteiger partial charge >= 0.3 is 0 Å². The van der Waals surface area contributed by atoms with Gasteiger partial charge in [0.05, 0.1) is 0 Å². The van der Waals surface area contributed by atoms with Crippen LogP contribution in [0.25, 0.3) is 0 Å². The third-order valence-corrected chi connectivity index (χ3v) is 3.75. The van der Waals surface area contributed by atoms with Crippen molar-refractivity contribution in [3.8, 4) is 0 Å². The van der Waals surface area contributed by atoms with E-state index in [1.54, 1.807) is 0 Å². The SMILES string of the molecule is C=C(CCCCCCCCCCCCCC(N)=O)C(N)=O. The highest BCUT2D eigenvalue weighted by Crippen LogP contribution is 2.13. The molecular formula is C17H32N2O2. The molecule has 0 saturated carbocycles. The number of rotatable bonds is 15. The maximum atomic E-state index is 10.8. The second kappa shape index (κ2) is 13.7. The summed E-state index contributed by atoms with van der Waals surface area (Å²) in [5.74, 6) is -0.555. The molecule has 2 amide bonds. The van der Waals surface area contributed by atoms with E-state index in [-0.39, 0.29) is 11.8 Å². The molecule has 21 heavy (non-hydrogen) atoms. The maximum Gasteiger partial charge on any atom is 0.244 e. The molecule has 4 heteroatoms. The Kier molecular flexibility index (Phi) is 12.8. The average Bonchev–Trinajstić information content (AvgIpc) is 2.43. The Morgan fingerprint density at radius 1 is 0.619 bits per heavy atom. The molecule has 0 aromatic carbocycles. The van der Waals surface area contributed by atoms with Gasteiger partial charge in [0, 0.05) is 12.0 Å². The first-order valence-electron chi connectivity index (χ1n) is 8.30. The first kappa shape index (κ1) is 19.7. The van der Waals surface area contributed by atoms with Crippen LogP contribution in [0.1, 0.15) is 83.5 Å². The van der Waals surface area contributed by atoms with Gasteiger partial charge in [-0.15, -0.1) is 0 Å². The fourth-order valence-corrected chi connectivity index (χ4v) is 2.35. The highest BCUT2D eigenvalue weighted by atomic mass is 16.1. The van der Waals surface area contributed by atoms with Gasteiger partial charge < -0.3 is 11.5 Å². The Morgan fingerprint density at radius 3 is 1.29 bits per heavy atom. The van der Waals surface area contributed by atoms with E-state index in [2.05, 4.69) is 6.58 Å². The molecule has 0 aromatic rings. The minimum absolute atomic E-state index is 0.186. The van der Waals surface area contributed by atoms with Gasteiger partial charge in [0.1, 0.15) is 0 Å². The number of carbonyl (C=O) groups excluding carboxylic acids is 2. The molecular weight excluding hydrogens is 264 g/mol. The van der Waals surface area contributed by atoms with Crippen LogP contribution in [0, 0.1) is 0 Å². The number of nitrogens with two attached hydrogens (primary N) is 2. The quantitative estimate of drug-likeness (QED) is 0.357. The summed E-state index contributed by atoms with van der Waals surface area (Å²) in [5, 5.41) is 0. The first-order valence-corrected chi connectivity index (χ1v) is 8.30. The Hall–Kier alpha value is -1.32. The topological polar surface area (TPSA) is 86.2 Å². The van der Waals surface area contributed by atoms with Crippen LogP contribution in [0.4, 0.5) is 0 Å². The Bertz CT molecular complexity index is 314. The van der Waals surface area contributed by atoms with Gasteiger partial charge in [0.2, 0.25) is 11.8 Å². The van der Waals surface area contributed by atoms with Gasteiger partial charge in [0.25, 0.3) is 0 Å². The van der Waals surface area contributed by atoms with E-state index < -0.39 is 0 Å². The highest BCUT2D eigenvalue weighted by molar-refractivity contribution is 5.91. The summed E-state index contributed by atoms with van der Waals surface area (Å²) >= 11 is 0. The van der Waals surface area contributed by atoms with Crippen molar-refractivity contribution in [1.29, 1.82) is 0 Å². The van der Waals surface area contributed by atoms with Crippen LogP contribution in [0.3, 0.4) is 0 Å². The lowest BCUT2D eigenvalue weighted by molar-refractivity contribution is -0.118. The highest BCUT2D eigenvalue weighted by Gasteiger charge is 2.00. The normalized spacial score (nSPS) is 10.5. The molecule has 0 spiro atoms. The Labute approximate surface area is 129 Å². The van der Waals surface area contributed by atoms with Gasteiger partial charge in [-0.25, -0.2) is 0 Å². The second-order valence-electron chi connectivity index (χ2n) is 5.82. The van der Waals surface area contributed by atoms with E-state index in [9.17, 15) is 9.59 Å². The molecule has 4 nitrogen and oxygen atoms in total. The van der Waals surface area contributed by atoms with Gasteiger partial charge in [-0.3, -0.25) is 9.59 Å². The average molecular weight is 296 g/mol. The van der Waals surface area contributed by atoms with Gasteiger partial charge in [-0.1, -0.05) is 64.4 Å².